The Balaban J connectivity index is 1.92. The van der Waals surface area contributed by atoms with Crippen molar-refractivity contribution in [3.8, 4) is 16.9 Å². The van der Waals surface area contributed by atoms with Crippen LogP contribution in [-0.2, 0) is 16.0 Å². The largest absolute Gasteiger partial charge is 0.493 e. The van der Waals surface area contributed by atoms with E-state index in [0.717, 1.165) is 56.1 Å². The van der Waals surface area contributed by atoms with Crippen LogP contribution < -0.4 is 10.5 Å². The summed E-state index contributed by atoms with van der Waals surface area (Å²) in [6.07, 6.45) is 1.86. The maximum absolute atomic E-state index is 13.0. The predicted molar refractivity (Wildman–Crippen MR) is 141 cm³/mol. The highest BCUT2D eigenvalue weighted by atomic mass is 16.5. The topological polar surface area (TPSA) is 91.5 Å². The third-order valence-electron chi connectivity index (χ3n) is 6.61. The van der Waals surface area contributed by atoms with Crippen LogP contribution >= 0.6 is 0 Å². The van der Waals surface area contributed by atoms with Crippen molar-refractivity contribution in [3.05, 3.63) is 70.9 Å². The molecule has 0 bridgehead atoms. The molecule has 5 rings (SSSR count). The number of rotatable bonds is 5. The van der Waals surface area contributed by atoms with Gasteiger partial charge in [-0.1, -0.05) is 12.1 Å². The molecule has 1 atom stereocenters. The van der Waals surface area contributed by atoms with E-state index in [1.165, 1.54) is 5.56 Å². The van der Waals surface area contributed by atoms with Gasteiger partial charge < -0.3 is 15.2 Å². The zero-order valence-corrected chi connectivity index (χ0v) is 21.3. The zero-order valence-electron chi connectivity index (χ0n) is 21.3. The van der Waals surface area contributed by atoms with Crippen molar-refractivity contribution in [2.75, 3.05) is 6.61 Å². The molecule has 0 fully saturated rings. The number of pyridine rings is 1. The molecule has 4 aromatic rings. The molecule has 0 saturated carbocycles. The quantitative estimate of drug-likeness (QED) is 0.386. The first-order valence-corrected chi connectivity index (χ1v) is 12.1. The molecule has 0 spiro atoms. The minimum atomic E-state index is -0.776. The number of ketones is 1. The van der Waals surface area contributed by atoms with Gasteiger partial charge in [0.05, 0.1) is 17.7 Å². The van der Waals surface area contributed by atoms with Crippen LogP contribution in [0.4, 0.5) is 0 Å². The Kier molecular flexibility index (Phi) is 5.80. The second-order valence-electron chi connectivity index (χ2n) is 10.4. The van der Waals surface area contributed by atoms with Gasteiger partial charge in [0, 0.05) is 29.1 Å². The summed E-state index contributed by atoms with van der Waals surface area (Å²) in [5, 5.41) is 2.74. The van der Waals surface area contributed by atoms with Crippen LogP contribution in [0.25, 0.3) is 32.8 Å². The van der Waals surface area contributed by atoms with Crippen molar-refractivity contribution < 1.29 is 19.1 Å². The Labute approximate surface area is 210 Å². The molecule has 1 aliphatic heterocycles. The number of amides is 1. The number of benzene rings is 3. The lowest BCUT2D eigenvalue weighted by molar-refractivity contribution is -0.138. The van der Waals surface area contributed by atoms with E-state index in [2.05, 4.69) is 0 Å². The molecule has 0 saturated heterocycles. The molecule has 1 amide bonds. The minimum Gasteiger partial charge on any atom is -0.493 e. The lowest BCUT2D eigenvalue weighted by atomic mass is 9.84. The minimum absolute atomic E-state index is 0.0820. The van der Waals surface area contributed by atoms with Crippen LogP contribution in [-0.4, -0.2) is 28.9 Å². The molecule has 1 unspecified atom stereocenters. The number of hydrogen-bond acceptors (Lipinski definition) is 5. The van der Waals surface area contributed by atoms with Crippen LogP contribution in [0, 0.1) is 6.92 Å². The normalized spacial score (nSPS) is 14.0. The number of nitrogens with two attached hydrogens (primary N) is 1. The molecule has 1 aliphatic rings. The Morgan fingerprint density at radius 2 is 1.89 bits per heavy atom. The van der Waals surface area contributed by atoms with Crippen molar-refractivity contribution in [2.45, 2.75) is 52.7 Å². The van der Waals surface area contributed by atoms with E-state index in [0.29, 0.717) is 12.2 Å². The predicted octanol–water partition coefficient (Wildman–Crippen LogP) is 5.84. The van der Waals surface area contributed by atoms with E-state index in [4.69, 9.17) is 20.2 Å². The smallest absolute Gasteiger partial charge is 0.248 e. The van der Waals surface area contributed by atoms with E-state index in [1.807, 2.05) is 64.2 Å². The van der Waals surface area contributed by atoms with Crippen LogP contribution in [0.3, 0.4) is 0 Å². The summed E-state index contributed by atoms with van der Waals surface area (Å²) >= 11 is 0. The van der Waals surface area contributed by atoms with Gasteiger partial charge in [-0.25, -0.2) is 0 Å². The number of aromatic nitrogens is 1. The van der Waals surface area contributed by atoms with E-state index >= 15 is 0 Å². The Morgan fingerprint density at radius 3 is 2.58 bits per heavy atom. The van der Waals surface area contributed by atoms with E-state index in [9.17, 15) is 9.59 Å². The molecule has 3 aromatic carbocycles. The number of aryl methyl sites for hydroxylation is 1. The zero-order chi connectivity index (χ0) is 25.8. The van der Waals surface area contributed by atoms with Gasteiger partial charge in [0.2, 0.25) is 5.91 Å². The van der Waals surface area contributed by atoms with Gasteiger partial charge in [0.15, 0.2) is 5.78 Å². The third kappa shape index (κ3) is 4.11. The van der Waals surface area contributed by atoms with Crippen molar-refractivity contribution in [2.24, 2.45) is 5.73 Å². The third-order valence-corrected chi connectivity index (χ3v) is 6.61. The average Bonchev–Trinajstić information content (AvgIpc) is 2.81. The molecule has 6 nitrogen and oxygen atoms in total. The molecule has 0 radical (unpaired) electrons. The SMILES string of the molecule is CC(=O)C(OC(C)(C)C)c1c(C)cc2cc(C(N)=O)ccc2c1-c1ccc2c3c(ccnc13)CCO2. The van der Waals surface area contributed by atoms with Crippen LogP contribution in [0.1, 0.15) is 60.8 Å². The first-order valence-electron chi connectivity index (χ1n) is 12.1. The molecular weight excluding hydrogens is 452 g/mol. The van der Waals surface area contributed by atoms with Gasteiger partial charge >= 0.3 is 0 Å². The van der Waals surface area contributed by atoms with Gasteiger partial charge in [-0.3, -0.25) is 14.6 Å². The van der Waals surface area contributed by atoms with Gasteiger partial charge in [-0.05, 0) is 98.0 Å². The number of Topliss-reactive ketones (excluding diaryl/α,β-unsaturated/α-hetero) is 1. The number of hydrogen-bond donors (Lipinski definition) is 1. The fourth-order valence-corrected chi connectivity index (χ4v) is 5.15. The van der Waals surface area contributed by atoms with Crippen molar-refractivity contribution >= 4 is 33.4 Å². The number of carbonyl (C=O) groups excluding carboxylic acids is 2. The molecule has 1 aromatic heterocycles. The van der Waals surface area contributed by atoms with Crippen LogP contribution in [0.2, 0.25) is 0 Å². The Morgan fingerprint density at radius 1 is 1.11 bits per heavy atom. The van der Waals surface area contributed by atoms with E-state index < -0.39 is 17.6 Å². The average molecular weight is 483 g/mol. The summed E-state index contributed by atoms with van der Waals surface area (Å²) in [6, 6.07) is 13.4. The van der Waals surface area contributed by atoms with Crippen molar-refractivity contribution in [1.82, 2.24) is 4.98 Å². The van der Waals surface area contributed by atoms with Crippen LogP contribution in [0.15, 0.2) is 48.7 Å². The molecule has 2 heterocycles. The molecule has 6 heteroatoms. The number of ether oxygens (including phenoxy) is 2. The highest BCUT2D eigenvalue weighted by molar-refractivity contribution is 6.10. The lowest BCUT2D eigenvalue weighted by Crippen LogP contribution is -2.27. The van der Waals surface area contributed by atoms with Gasteiger partial charge in [-0.2, -0.15) is 0 Å². The molecule has 184 valence electrons. The van der Waals surface area contributed by atoms with Gasteiger partial charge in [-0.15, -0.1) is 0 Å². The fourth-order valence-electron chi connectivity index (χ4n) is 5.15. The highest BCUT2D eigenvalue weighted by Crippen LogP contribution is 2.45. The maximum Gasteiger partial charge on any atom is 0.248 e. The summed E-state index contributed by atoms with van der Waals surface area (Å²) in [4.78, 5) is 29.8. The van der Waals surface area contributed by atoms with Crippen molar-refractivity contribution in [1.29, 1.82) is 0 Å². The second-order valence-corrected chi connectivity index (χ2v) is 10.4. The number of nitrogens with zero attached hydrogens (tertiary/aromatic N) is 1. The van der Waals surface area contributed by atoms with E-state index in [-0.39, 0.29) is 5.78 Å². The maximum atomic E-state index is 13.0. The molecular formula is C30H30N2O4. The summed E-state index contributed by atoms with van der Waals surface area (Å²) in [7, 11) is 0. The molecule has 0 aliphatic carbocycles. The van der Waals surface area contributed by atoms with Gasteiger partial charge in [0.25, 0.3) is 0 Å². The summed E-state index contributed by atoms with van der Waals surface area (Å²) < 4.78 is 12.3. The molecule has 2 N–H and O–H groups in total. The number of fused-ring (bicyclic) bond motifs is 1. The summed E-state index contributed by atoms with van der Waals surface area (Å²) in [5.74, 6) is 0.242. The standard InChI is InChI=1S/C30H30N2O4/c1-16-14-20-15-19(29(31)34)6-7-21(20)26(24(16)28(17(2)33)36-30(3,4)5)22-8-9-23-25-18(11-13-35-23)10-12-32-27(22)25/h6-10,12,14-15,28H,11,13H2,1-5H3,(H2,31,34). The summed E-state index contributed by atoms with van der Waals surface area (Å²) in [5.41, 5.74) is 10.9. The monoisotopic (exact) mass is 482 g/mol. The second kappa shape index (κ2) is 8.71. The van der Waals surface area contributed by atoms with E-state index in [1.54, 1.807) is 19.1 Å². The van der Waals surface area contributed by atoms with Gasteiger partial charge in [0.1, 0.15) is 11.9 Å². The Bertz CT molecular complexity index is 1540. The highest BCUT2D eigenvalue weighted by Gasteiger charge is 2.31. The van der Waals surface area contributed by atoms with Crippen LogP contribution in [0.5, 0.6) is 5.75 Å². The first-order chi connectivity index (χ1) is 17.0. The fraction of sp³-hybridized carbons (Fsp3) is 0.300. The number of primary amides is 1. The first kappa shape index (κ1) is 23.9. The molecule has 36 heavy (non-hydrogen) atoms. The lowest BCUT2D eigenvalue weighted by Gasteiger charge is -2.30. The van der Waals surface area contributed by atoms with Crippen molar-refractivity contribution in [3.63, 3.8) is 0 Å². The summed E-state index contributed by atoms with van der Waals surface area (Å²) in [6.45, 7) is 9.99. The Hall–Kier alpha value is -3.77. The number of carbonyl (C=O) groups is 2.